The van der Waals surface area contributed by atoms with E-state index in [4.69, 9.17) is 9.47 Å². The first-order valence-electron chi connectivity index (χ1n) is 8.09. The number of aliphatic hydroxyl groups is 2. The van der Waals surface area contributed by atoms with E-state index in [9.17, 15) is 10.2 Å². The van der Waals surface area contributed by atoms with Crippen molar-refractivity contribution < 1.29 is 19.7 Å². The number of aliphatic hydroxyl groups excluding tert-OH is 2. The fourth-order valence-electron chi connectivity index (χ4n) is 2.71. The first-order chi connectivity index (χ1) is 11.7. The molecule has 0 radical (unpaired) electrons. The molecule has 0 aromatic heterocycles. The molecule has 24 heavy (non-hydrogen) atoms. The van der Waals surface area contributed by atoms with Crippen molar-refractivity contribution in [3.63, 3.8) is 0 Å². The van der Waals surface area contributed by atoms with Gasteiger partial charge in [0, 0.05) is 0 Å². The van der Waals surface area contributed by atoms with Crippen LogP contribution in [0.25, 0.3) is 0 Å². The number of hydrogen-bond acceptors (Lipinski definition) is 4. The minimum atomic E-state index is -1.01. The maximum absolute atomic E-state index is 10.3. The average Bonchev–Trinajstić information content (AvgIpc) is 2.63. The Labute approximate surface area is 142 Å². The standard InChI is InChI=1S/C20H22O4/c21-17-11-12-18(23-13-15-7-3-1-4-8-15)20(19(17)22)24-14-16-9-5-2-6-10-16/h1-12,17-22H,13-14H2/t17-,18+,19-,20-/m0/s1. The Balaban J connectivity index is 1.64. The molecule has 4 atom stereocenters. The van der Waals surface area contributed by atoms with Gasteiger partial charge in [-0.25, -0.2) is 0 Å². The van der Waals surface area contributed by atoms with Crippen molar-refractivity contribution >= 4 is 0 Å². The van der Waals surface area contributed by atoms with E-state index in [1.807, 2.05) is 60.7 Å². The topological polar surface area (TPSA) is 58.9 Å². The Kier molecular flexibility index (Phi) is 5.77. The molecule has 2 N–H and O–H groups in total. The third-order valence-corrected chi connectivity index (χ3v) is 4.08. The van der Waals surface area contributed by atoms with Gasteiger partial charge < -0.3 is 19.7 Å². The Morgan fingerprint density at radius 1 is 0.708 bits per heavy atom. The zero-order valence-corrected chi connectivity index (χ0v) is 13.4. The normalized spacial score (nSPS) is 26.4. The van der Waals surface area contributed by atoms with Crippen molar-refractivity contribution in [1.82, 2.24) is 0 Å². The van der Waals surface area contributed by atoms with Gasteiger partial charge in [-0.05, 0) is 11.1 Å². The van der Waals surface area contributed by atoms with Gasteiger partial charge in [0.2, 0.25) is 0 Å². The molecule has 126 valence electrons. The molecule has 1 aliphatic rings. The molecule has 1 aliphatic carbocycles. The second kappa shape index (κ2) is 8.22. The van der Waals surface area contributed by atoms with Gasteiger partial charge in [-0.15, -0.1) is 0 Å². The fourth-order valence-corrected chi connectivity index (χ4v) is 2.71. The largest absolute Gasteiger partial charge is 0.387 e. The van der Waals surface area contributed by atoms with Gasteiger partial charge in [0.15, 0.2) is 0 Å². The van der Waals surface area contributed by atoms with Crippen molar-refractivity contribution in [2.24, 2.45) is 0 Å². The lowest BCUT2D eigenvalue weighted by atomic mass is 9.96. The van der Waals surface area contributed by atoms with Gasteiger partial charge in [-0.3, -0.25) is 0 Å². The summed E-state index contributed by atoms with van der Waals surface area (Å²) in [6.45, 7) is 0.776. The van der Waals surface area contributed by atoms with E-state index < -0.39 is 24.4 Å². The van der Waals surface area contributed by atoms with E-state index in [2.05, 4.69) is 0 Å². The molecule has 0 bridgehead atoms. The van der Waals surface area contributed by atoms with Gasteiger partial charge in [-0.2, -0.15) is 0 Å². The molecule has 0 saturated carbocycles. The van der Waals surface area contributed by atoms with Crippen LogP contribution in [-0.4, -0.2) is 34.6 Å². The van der Waals surface area contributed by atoms with Crippen molar-refractivity contribution in [2.45, 2.75) is 37.6 Å². The Morgan fingerprint density at radius 3 is 1.83 bits per heavy atom. The predicted octanol–water partition coefficient (Wildman–Crippen LogP) is 2.45. The fraction of sp³-hybridized carbons (Fsp3) is 0.300. The molecule has 0 aliphatic heterocycles. The summed E-state index contributed by atoms with van der Waals surface area (Å²) in [5.41, 5.74) is 2.06. The maximum Gasteiger partial charge on any atom is 0.116 e. The molecule has 3 rings (SSSR count). The predicted molar refractivity (Wildman–Crippen MR) is 91.2 cm³/mol. The SMILES string of the molecule is O[C@@H]1[C@@H](OCc2ccccc2)[C@H](OCc2ccccc2)C=C[C@@H]1O. The highest BCUT2D eigenvalue weighted by molar-refractivity contribution is 5.16. The molecule has 0 amide bonds. The number of ether oxygens (including phenoxy) is 2. The van der Waals surface area contributed by atoms with Crippen LogP contribution in [0.2, 0.25) is 0 Å². The second-order valence-electron chi connectivity index (χ2n) is 5.89. The molecule has 0 saturated heterocycles. The van der Waals surface area contributed by atoms with E-state index >= 15 is 0 Å². The minimum Gasteiger partial charge on any atom is -0.387 e. The molecule has 4 nitrogen and oxygen atoms in total. The van der Waals surface area contributed by atoms with Crippen molar-refractivity contribution in [3.05, 3.63) is 83.9 Å². The molecular formula is C20H22O4. The highest BCUT2D eigenvalue weighted by Gasteiger charge is 2.36. The van der Waals surface area contributed by atoms with Gasteiger partial charge in [0.1, 0.15) is 24.4 Å². The lowest BCUT2D eigenvalue weighted by Crippen LogP contribution is -2.48. The van der Waals surface area contributed by atoms with Crippen LogP contribution >= 0.6 is 0 Å². The third-order valence-electron chi connectivity index (χ3n) is 4.08. The minimum absolute atomic E-state index is 0.355. The molecule has 4 heteroatoms. The summed E-state index contributed by atoms with van der Waals surface area (Å²) in [4.78, 5) is 0. The van der Waals surface area contributed by atoms with E-state index in [-0.39, 0.29) is 0 Å². The van der Waals surface area contributed by atoms with E-state index in [0.29, 0.717) is 13.2 Å². The molecule has 0 fully saturated rings. The molecular weight excluding hydrogens is 304 g/mol. The van der Waals surface area contributed by atoms with Crippen LogP contribution in [-0.2, 0) is 22.7 Å². The van der Waals surface area contributed by atoms with Crippen molar-refractivity contribution in [3.8, 4) is 0 Å². The Bertz CT molecular complexity index is 641. The number of hydrogen-bond donors (Lipinski definition) is 2. The molecule has 0 unspecified atom stereocenters. The van der Waals surface area contributed by atoms with Gasteiger partial charge in [-0.1, -0.05) is 72.8 Å². The monoisotopic (exact) mass is 326 g/mol. The van der Waals surface area contributed by atoms with Crippen molar-refractivity contribution in [2.75, 3.05) is 0 Å². The summed E-state index contributed by atoms with van der Waals surface area (Å²) in [5.74, 6) is 0. The summed E-state index contributed by atoms with van der Waals surface area (Å²) in [6, 6.07) is 19.6. The number of rotatable bonds is 6. The third kappa shape index (κ3) is 4.30. The quantitative estimate of drug-likeness (QED) is 0.801. The Morgan fingerprint density at radius 2 is 1.25 bits per heavy atom. The highest BCUT2D eigenvalue weighted by Crippen LogP contribution is 2.22. The summed E-state index contributed by atoms with van der Waals surface area (Å²) < 4.78 is 11.8. The van der Waals surface area contributed by atoms with Crippen LogP contribution in [0.4, 0.5) is 0 Å². The number of benzene rings is 2. The molecule has 0 spiro atoms. The zero-order chi connectivity index (χ0) is 16.8. The van der Waals surface area contributed by atoms with Crippen LogP contribution in [0, 0.1) is 0 Å². The van der Waals surface area contributed by atoms with E-state index in [0.717, 1.165) is 11.1 Å². The summed E-state index contributed by atoms with van der Waals surface area (Å²) in [7, 11) is 0. The van der Waals surface area contributed by atoms with Crippen LogP contribution < -0.4 is 0 Å². The second-order valence-corrected chi connectivity index (χ2v) is 5.89. The lowest BCUT2D eigenvalue weighted by molar-refractivity contribution is -0.144. The average molecular weight is 326 g/mol. The van der Waals surface area contributed by atoms with Crippen LogP contribution in [0.15, 0.2) is 72.8 Å². The molecule has 2 aromatic rings. The first kappa shape index (κ1) is 16.9. The zero-order valence-electron chi connectivity index (χ0n) is 13.4. The van der Waals surface area contributed by atoms with Gasteiger partial charge >= 0.3 is 0 Å². The first-order valence-corrected chi connectivity index (χ1v) is 8.09. The van der Waals surface area contributed by atoms with Gasteiger partial charge in [0.25, 0.3) is 0 Å². The smallest absolute Gasteiger partial charge is 0.116 e. The van der Waals surface area contributed by atoms with Crippen LogP contribution in [0.5, 0.6) is 0 Å². The summed E-state index contributed by atoms with van der Waals surface area (Å²) in [5, 5.41) is 20.2. The maximum atomic E-state index is 10.3. The van der Waals surface area contributed by atoms with E-state index in [1.165, 1.54) is 0 Å². The summed E-state index contributed by atoms with van der Waals surface area (Å²) >= 11 is 0. The molecule has 2 aromatic carbocycles. The van der Waals surface area contributed by atoms with Gasteiger partial charge in [0.05, 0.1) is 13.2 Å². The van der Waals surface area contributed by atoms with Crippen LogP contribution in [0.3, 0.4) is 0 Å². The molecule has 0 heterocycles. The highest BCUT2D eigenvalue weighted by atomic mass is 16.5. The van der Waals surface area contributed by atoms with E-state index in [1.54, 1.807) is 12.2 Å². The summed E-state index contributed by atoms with van der Waals surface area (Å²) in [6.07, 6.45) is 0.335. The van der Waals surface area contributed by atoms with Crippen LogP contribution in [0.1, 0.15) is 11.1 Å². The Hall–Kier alpha value is -1.98. The lowest BCUT2D eigenvalue weighted by Gasteiger charge is -2.34. The van der Waals surface area contributed by atoms with Crippen molar-refractivity contribution in [1.29, 1.82) is 0 Å².